The predicted molar refractivity (Wildman–Crippen MR) is 134 cm³/mol. The molecule has 1 saturated heterocycles. The number of carboxylic acid groups (broad SMARTS) is 1. The molecule has 3 heterocycles. The summed E-state index contributed by atoms with van der Waals surface area (Å²) < 4.78 is 25.6. The fraction of sp³-hybridized carbons (Fsp3) is 0.500. The number of nitrogens with zero attached hydrogens (tertiary/aromatic N) is 5. The van der Waals surface area contributed by atoms with Crippen molar-refractivity contribution in [3.8, 4) is 5.82 Å². The van der Waals surface area contributed by atoms with Crippen LogP contribution in [0.25, 0.3) is 16.7 Å². The summed E-state index contributed by atoms with van der Waals surface area (Å²) in [6.45, 7) is 1.38. The smallest absolute Gasteiger partial charge is 0.306 e. The van der Waals surface area contributed by atoms with Crippen molar-refractivity contribution in [1.82, 2.24) is 19.7 Å². The second kappa shape index (κ2) is 9.44. The van der Waals surface area contributed by atoms with Gasteiger partial charge in [-0.3, -0.25) is 4.79 Å². The molecule has 0 radical (unpaired) electrons. The third-order valence-electron chi connectivity index (χ3n) is 7.25. The van der Waals surface area contributed by atoms with Crippen molar-refractivity contribution in [1.29, 1.82) is 0 Å². The number of carbonyl (C=O) groups is 1. The Morgan fingerprint density at radius 2 is 1.83 bits per heavy atom. The number of aliphatic carboxylic acids is 1. The first-order valence-electron chi connectivity index (χ1n) is 12.0. The number of hydrogen-bond donors (Lipinski definition) is 2. The summed E-state index contributed by atoms with van der Waals surface area (Å²) >= 11 is 0. The standard InChI is InChI=1S/C24H30N6O4S/c1-35(33,34)18-10-13-29(14-11-18)20-3-2-4-21-19(20)15-26-30(21)22-9-12-25-24(28-22)27-17-7-5-16(6-8-17)23(31)32/h2-4,9,12,15-18H,5-8,10-11,13-14H2,1H3,(H,31,32)(H,25,27,28). The van der Waals surface area contributed by atoms with Crippen LogP contribution in [0.4, 0.5) is 11.6 Å². The van der Waals surface area contributed by atoms with E-state index in [0.29, 0.717) is 50.5 Å². The molecule has 0 amide bonds. The first-order valence-corrected chi connectivity index (χ1v) is 14.0. The highest BCUT2D eigenvalue weighted by atomic mass is 32.2. The number of aromatic nitrogens is 4. The second-order valence-corrected chi connectivity index (χ2v) is 11.9. The van der Waals surface area contributed by atoms with E-state index < -0.39 is 15.8 Å². The molecule has 186 valence electrons. The molecule has 2 N–H and O–H groups in total. The lowest BCUT2D eigenvalue weighted by Gasteiger charge is -2.33. The lowest BCUT2D eigenvalue weighted by molar-refractivity contribution is -0.142. The van der Waals surface area contributed by atoms with E-state index in [1.807, 2.05) is 24.4 Å². The summed E-state index contributed by atoms with van der Waals surface area (Å²) in [5.41, 5.74) is 1.96. The molecule has 1 aromatic carbocycles. The van der Waals surface area contributed by atoms with Crippen molar-refractivity contribution in [3.05, 3.63) is 36.7 Å². The van der Waals surface area contributed by atoms with Crippen LogP contribution in [0.15, 0.2) is 36.7 Å². The van der Waals surface area contributed by atoms with Crippen LogP contribution < -0.4 is 10.2 Å². The van der Waals surface area contributed by atoms with Crippen molar-refractivity contribution in [3.63, 3.8) is 0 Å². The molecule has 1 aliphatic heterocycles. The van der Waals surface area contributed by atoms with Crippen LogP contribution >= 0.6 is 0 Å². The quantitative estimate of drug-likeness (QED) is 0.527. The number of benzene rings is 1. The van der Waals surface area contributed by atoms with Crippen LogP contribution in [0.1, 0.15) is 38.5 Å². The van der Waals surface area contributed by atoms with Crippen LogP contribution in [0.5, 0.6) is 0 Å². The third-order valence-corrected chi connectivity index (χ3v) is 8.93. The fourth-order valence-electron chi connectivity index (χ4n) is 5.22. The normalized spacial score (nSPS) is 21.8. The Bertz CT molecular complexity index is 1320. The predicted octanol–water partition coefficient (Wildman–Crippen LogP) is 2.88. The molecule has 2 fully saturated rings. The van der Waals surface area contributed by atoms with E-state index in [1.54, 1.807) is 10.9 Å². The number of hydrogen-bond acceptors (Lipinski definition) is 8. The Morgan fingerprint density at radius 1 is 1.09 bits per heavy atom. The van der Waals surface area contributed by atoms with Crippen LogP contribution in [-0.4, -0.2) is 69.9 Å². The lowest BCUT2D eigenvalue weighted by atomic mass is 9.86. The Balaban J connectivity index is 1.34. The van der Waals surface area contributed by atoms with Gasteiger partial charge < -0.3 is 15.3 Å². The van der Waals surface area contributed by atoms with Crippen molar-refractivity contribution >= 4 is 38.3 Å². The van der Waals surface area contributed by atoms with E-state index in [0.717, 1.165) is 29.4 Å². The van der Waals surface area contributed by atoms with Gasteiger partial charge in [0.05, 0.1) is 22.9 Å². The van der Waals surface area contributed by atoms with Crippen molar-refractivity contribution < 1.29 is 18.3 Å². The van der Waals surface area contributed by atoms with Crippen LogP contribution in [0.2, 0.25) is 0 Å². The van der Waals surface area contributed by atoms with Gasteiger partial charge >= 0.3 is 5.97 Å². The average molecular weight is 499 g/mol. The van der Waals surface area contributed by atoms with Gasteiger partial charge in [-0.25, -0.2) is 18.1 Å². The van der Waals surface area contributed by atoms with Gasteiger partial charge in [0.25, 0.3) is 0 Å². The summed E-state index contributed by atoms with van der Waals surface area (Å²) in [7, 11) is -3.02. The van der Waals surface area contributed by atoms with E-state index in [2.05, 4.69) is 31.3 Å². The Hall–Kier alpha value is -3.21. The molecule has 35 heavy (non-hydrogen) atoms. The van der Waals surface area contributed by atoms with Gasteiger partial charge in [-0.1, -0.05) is 6.07 Å². The summed E-state index contributed by atoms with van der Waals surface area (Å²) in [5.74, 6) is 0.169. The molecule has 0 spiro atoms. The number of carboxylic acids is 1. The van der Waals surface area contributed by atoms with Crippen molar-refractivity contribution in [2.24, 2.45) is 5.92 Å². The SMILES string of the molecule is CS(=O)(=O)C1CCN(c2cccc3c2cnn3-c2ccnc(NC3CCC(C(=O)O)CC3)n2)CC1. The lowest BCUT2D eigenvalue weighted by Crippen LogP contribution is -2.39. The zero-order valence-electron chi connectivity index (χ0n) is 19.7. The maximum atomic E-state index is 11.9. The number of rotatable bonds is 6. The fourth-order valence-corrected chi connectivity index (χ4v) is 6.29. The maximum absolute atomic E-state index is 11.9. The molecule has 3 aromatic rings. The van der Waals surface area contributed by atoms with Gasteiger partial charge in [-0.15, -0.1) is 0 Å². The van der Waals surface area contributed by atoms with Crippen molar-refractivity contribution in [2.75, 3.05) is 29.6 Å². The third kappa shape index (κ3) is 4.95. The minimum atomic E-state index is -3.02. The largest absolute Gasteiger partial charge is 0.481 e. The van der Waals surface area contributed by atoms with Crippen LogP contribution in [-0.2, 0) is 14.6 Å². The number of anilines is 2. The molecule has 0 bridgehead atoms. The zero-order valence-corrected chi connectivity index (χ0v) is 20.5. The van der Waals surface area contributed by atoms with Gasteiger partial charge in [-0.05, 0) is 50.7 Å². The summed E-state index contributed by atoms with van der Waals surface area (Å²) in [6.07, 6.45) is 8.95. The zero-order chi connectivity index (χ0) is 24.6. The van der Waals surface area contributed by atoms with E-state index in [9.17, 15) is 18.3 Å². The van der Waals surface area contributed by atoms with E-state index in [-0.39, 0.29) is 17.2 Å². The number of nitrogens with one attached hydrogen (secondary N) is 1. The molecule has 2 aromatic heterocycles. The maximum Gasteiger partial charge on any atom is 0.306 e. The van der Waals surface area contributed by atoms with Gasteiger partial charge in [-0.2, -0.15) is 10.1 Å². The molecule has 5 rings (SSSR count). The molecule has 1 aliphatic carbocycles. The minimum absolute atomic E-state index is 0.150. The van der Waals surface area contributed by atoms with Gasteiger partial charge in [0.1, 0.15) is 9.84 Å². The highest BCUT2D eigenvalue weighted by Gasteiger charge is 2.28. The number of fused-ring (bicyclic) bond motifs is 1. The first kappa shape index (κ1) is 23.5. The minimum Gasteiger partial charge on any atom is -0.481 e. The molecular weight excluding hydrogens is 468 g/mol. The summed E-state index contributed by atoms with van der Waals surface area (Å²) in [4.78, 5) is 22.5. The highest BCUT2D eigenvalue weighted by molar-refractivity contribution is 7.91. The molecule has 0 unspecified atom stereocenters. The first-order chi connectivity index (χ1) is 16.8. The van der Waals surface area contributed by atoms with Gasteiger partial charge in [0.2, 0.25) is 5.95 Å². The molecule has 11 heteroatoms. The van der Waals surface area contributed by atoms with Gasteiger partial charge in [0, 0.05) is 48.7 Å². The molecule has 2 aliphatic rings. The van der Waals surface area contributed by atoms with Crippen LogP contribution in [0.3, 0.4) is 0 Å². The molecular formula is C24H30N6O4S. The Labute approximate surface area is 204 Å². The number of piperidine rings is 1. The van der Waals surface area contributed by atoms with E-state index in [1.165, 1.54) is 6.26 Å². The number of sulfone groups is 1. The van der Waals surface area contributed by atoms with Crippen LogP contribution in [0, 0.1) is 5.92 Å². The molecule has 1 saturated carbocycles. The summed E-state index contributed by atoms with van der Waals surface area (Å²) in [5, 5.41) is 17.9. The Kier molecular flexibility index (Phi) is 6.35. The molecule has 10 nitrogen and oxygen atoms in total. The second-order valence-electron chi connectivity index (χ2n) is 9.55. The van der Waals surface area contributed by atoms with Gasteiger partial charge in [0.15, 0.2) is 5.82 Å². The highest BCUT2D eigenvalue weighted by Crippen LogP contribution is 2.31. The van der Waals surface area contributed by atoms with E-state index in [4.69, 9.17) is 0 Å². The average Bonchev–Trinajstić information content (AvgIpc) is 3.28. The Morgan fingerprint density at radius 3 is 2.51 bits per heavy atom. The topological polar surface area (TPSA) is 130 Å². The summed E-state index contributed by atoms with van der Waals surface area (Å²) in [6, 6.07) is 7.99. The van der Waals surface area contributed by atoms with E-state index >= 15 is 0 Å². The molecule has 0 atom stereocenters. The monoisotopic (exact) mass is 498 g/mol. The van der Waals surface area contributed by atoms with Crippen molar-refractivity contribution in [2.45, 2.75) is 49.8 Å².